The minimum atomic E-state index is -3.92. The number of rotatable bonds is 3. The van der Waals surface area contributed by atoms with E-state index in [0.717, 1.165) is 15.8 Å². The molecule has 0 spiro atoms. The maximum absolute atomic E-state index is 12.2. The van der Waals surface area contributed by atoms with Gasteiger partial charge in [-0.25, -0.2) is 22.9 Å². The molecular weight excluding hydrogens is 334 g/mol. The number of anilines is 1. The Labute approximate surface area is 137 Å². The van der Waals surface area contributed by atoms with E-state index < -0.39 is 16.1 Å². The van der Waals surface area contributed by atoms with Crippen molar-refractivity contribution in [3.63, 3.8) is 0 Å². The maximum Gasteiger partial charge on any atom is 0.334 e. The highest BCUT2D eigenvalue weighted by Gasteiger charge is 2.18. The first kappa shape index (κ1) is 15.4. The largest absolute Gasteiger partial charge is 0.334 e. The normalized spacial score (nSPS) is 11.3. The predicted octanol–water partition coefficient (Wildman–Crippen LogP) is 3.12. The van der Waals surface area contributed by atoms with E-state index in [1.54, 1.807) is 19.1 Å². The van der Waals surface area contributed by atoms with Crippen molar-refractivity contribution in [1.82, 2.24) is 9.71 Å². The van der Waals surface area contributed by atoms with Crippen molar-refractivity contribution >= 4 is 42.7 Å². The van der Waals surface area contributed by atoms with Crippen LogP contribution in [0.2, 0.25) is 0 Å². The number of amides is 2. The second kappa shape index (κ2) is 5.98. The standard InChI is InChI=1S/C15H13N3O3S2/c1-10-5-4-6-11(9-10)23(20,21)18-14(19)17-15-16-12-7-2-3-8-13(12)22-15/h2-9H,1H3,(H2,16,17,18,19). The average molecular weight is 347 g/mol. The Balaban J connectivity index is 1.76. The van der Waals surface area contributed by atoms with Crippen LogP contribution in [-0.4, -0.2) is 19.4 Å². The molecular formula is C15H13N3O3S2. The van der Waals surface area contributed by atoms with Crippen molar-refractivity contribution in [3.05, 3.63) is 54.1 Å². The molecule has 0 saturated heterocycles. The molecule has 8 heteroatoms. The van der Waals surface area contributed by atoms with E-state index in [4.69, 9.17) is 0 Å². The van der Waals surface area contributed by atoms with E-state index in [9.17, 15) is 13.2 Å². The lowest BCUT2D eigenvalue weighted by Crippen LogP contribution is -2.34. The number of hydrogen-bond acceptors (Lipinski definition) is 5. The highest BCUT2D eigenvalue weighted by Crippen LogP contribution is 2.25. The second-order valence-corrected chi connectivity index (χ2v) is 7.58. The van der Waals surface area contributed by atoms with Crippen LogP contribution < -0.4 is 10.0 Å². The summed E-state index contributed by atoms with van der Waals surface area (Å²) in [5, 5.41) is 2.79. The monoisotopic (exact) mass is 347 g/mol. The first-order valence-electron chi connectivity index (χ1n) is 6.70. The number of aryl methyl sites for hydroxylation is 1. The molecule has 0 fully saturated rings. The molecule has 0 bridgehead atoms. The Hall–Kier alpha value is -2.45. The van der Waals surface area contributed by atoms with Gasteiger partial charge in [-0.15, -0.1) is 0 Å². The van der Waals surface area contributed by atoms with Crippen molar-refractivity contribution in [2.45, 2.75) is 11.8 Å². The molecule has 2 aromatic carbocycles. The fourth-order valence-corrected chi connectivity index (χ4v) is 3.88. The van der Waals surface area contributed by atoms with Crippen LogP contribution in [0.3, 0.4) is 0 Å². The van der Waals surface area contributed by atoms with Gasteiger partial charge in [0.15, 0.2) is 5.13 Å². The summed E-state index contributed by atoms with van der Waals surface area (Å²) in [6, 6.07) is 12.9. The van der Waals surface area contributed by atoms with Gasteiger partial charge in [0, 0.05) is 0 Å². The zero-order valence-electron chi connectivity index (χ0n) is 12.1. The molecule has 0 aliphatic carbocycles. The van der Waals surface area contributed by atoms with E-state index in [-0.39, 0.29) is 4.90 Å². The quantitative estimate of drug-likeness (QED) is 0.762. The number of carbonyl (C=O) groups excluding carboxylic acids is 1. The second-order valence-electron chi connectivity index (χ2n) is 4.86. The molecule has 2 N–H and O–H groups in total. The summed E-state index contributed by atoms with van der Waals surface area (Å²) >= 11 is 1.27. The first-order valence-corrected chi connectivity index (χ1v) is 9.00. The molecule has 0 saturated carbocycles. The molecule has 1 aromatic heterocycles. The van der Waals surface area contributed by atoms with E-state index in [2.05, 4.69) is 10.3 Å². The van der Waals surface area contributed by atoms with Gasteiger partial charge in [-0.3, -0.25) is 5.32 Å². The van der Waals surface area contributed by atoms with Gasteiger partial charge < -0.3 is 0 Å². The number of para-hydroxylation sites is 1. The number of nitrogens with zero attached hydrogens (tertiary/aromatic N) is 1. The number of benzene rings is 2. The van der Waals surface area contributed by atoms with Crippen LogP contribution in [0.1, 0.15) is 5.56 Å². The van der Waals surface area contributed by atoms with Gasteiger partial charge >= 0.3 is 6.03 Å². The third-order valence-electron chi connectivity index (χ3n) is 3.04. The number of thiazole rings is 1. The number of nitrogens with one attached hydrogen (secondary N) is 2. The lowest BCUT2D eigenvalue weighted by molar-refractivity contribution is 0.256. The third kappa shape index (κ3) is 3.49. The van der Waals surface area contributed by atoms with Crippen LogP contribution in [0.25, 0.3) is 10.2 Å². The van der Waals surface area contributed by atoms with E-state index in [1.165, 1.54) is 23.5 Å². The van der Waals surface area contributed by atoms with Gasteiger partial charge in [-0.05, 0) is 36.8 Å². The van der Waals surface area contributed by atoms with Gasteiger partial charge in [-0.1, -0.05) is 35.6 Å². The summed E-state index contributed by atoms with van der Waals surface area (Å²) in [4.78, 5) is 16.2. The molecule has 0 aliphatic heterocycles. The van der Waals surface area contributed by atoms with E-state index >= 15 is 0 Å². The maximum atomic E-state index is 12.2. The topological polar surface area (TPSA) is 88.2 Å². The van der Waals surface area contributed by atoms with Gasteiger partial charge in [0.2, 0.25) is 0 Å². The molecule has 2 amide bonds. The summed E-state index contributed by atoms with van der Waals surface area (Å²) in [7, 11) is -3.92. The molecule has 0 aliphatic rings. The zero-order valence-corrected chi connectivity index (χ0v) is 13.7. The highest BCUT2D eigenvalue weighted by atomic mass is 32.2. The van der Waals surface area contributed by atoms with E-state index in [1.807, 2.05) is 29.0 Å². The molecule has 0 radical (unpaired) electrons. The van der Waals surface area contributed by atoms with Crippen LogP contribution in [-0.2, 0) is 10.0 Å². The Morgan fingerprint density at radius 1 is 1.13 bits per heavy atom. The van der Waals surface area contributed by atoms with Crippen molar-refractivity contribution in [2.24, 2.45) is 0 Å². The molecule has 3 aromatic rings. The Kier molecular flexibility index (Phi) is 4.01. The molecule has 1 heterocycles. The Morgan fingerprint density at radius 3 is 2.65 bits per heavy atom. The fraction of sp³-hybridized carbons (Fsp3) is 0.0667. The van der Waals surface area contributed by atoms with Gasteiger partial charge in [0.1, 0.15) is 0 Å². The van der Waals surface area contributed by atoms with E-state index in [0.29, 0.717) is 5.13 Å². The summed E-state index contributed by atoms with van der Waals surface area (Å²) in [6.45, 7) is 1.78. The minimum Gasteiger partial charge on any atom is -0.283 e. The summed E-state index contributed by atoms with van der Waals surface area (Å²) in [6.07, 6.45) is 0. The van der Waals surface area contributed by atoms with Crippen LogP contribution >= 0.6 is 11.3 Å². The lowest BCUT2D eigenvalue weighted by atomic mass is 10.2. The average Bonchev–Trinajstić information content (AvgIpc) is 2.88. The summed E-state index contributed by atoms with van der Waals surface area (Å²) in [5.74, 6) is 0. The van der Waals surface area contributed by atoms with Crippen LogP contribution in [0, 0.1) is 6.92 Å². The summed E-state index contributed by atoms with van der Waals surface area (Å²) < 4.78 is 27.2. The third-order valence-corrected chi connectivity index (χ3v) is 5.32. The van der Waals surface area contributed by atoms with Crippen molar-refractivity contribution in [3.8, 4) is 0 Å². The number of hydrogen-bond donors (Lipinski definition) is 2. The molecule has 0 atom stereocenters. The van der Waals surface area contributed by atoms with Crippen molar-refractivity contribution in [1.29, 1.82) is 0 Å². The zero-order chi connectivity index (χ0) is 16.4. The number of urea groups is 1. The SMILES string of the molecule is Cc1cccc(S(=O)(=O)NC(=O)Nc2nc3ccccc3s2)c1. The van der Waals surface area contributed by atoms with Crippen LogP contribution in [0.5, 0.6) is 0 Å². The molecule has 23 heavy (non-hydrogen) atoms. The highest BCUT2D eigenvalue weighted by molar-refractivity contribution is 7.90. The smallest absolute Gasteiger partial charge is 0.283 e. The number of aromatic nitrogens is 1. The predicted molar refractivity (Wildman–Crippen MR) is 90.1 cm³/mol. The molecule has 118 valence electrons. The molecule has 3 rings (SSSR count). The van der Waals surface area contributed by atoms with Crippen molar-refractivity contribution in [2.75, 3.05) is 5.32 Å². The van der Waals surface area contributed by atoms with Gasteiger partial charge in [0.05, 0.1) is 15.1 Å². The molecule has 0 unspecified atom stereocenters. The van der Waals surface area contributed by atoms with Crippen molar-refractivity contribution < 1.29 is 13.2 Å². The molecule has 6 nitrogen and oxygen atoms in total. The van der Waals surface area contributed by atoms with Crippen LogP contribution in [0.15, 0.2) is 53.4 Å². The first-order chi connectivity index (χ1) is 10.9. The number of sulfonamides is 1. The number of fused-ring (bicyclic) bond motifs is 1. The van der Waals surface area contributed by atoms with Crippen LogP contribution in [0.4, 0.5) is 9.93 Å². The lowest BCUT2D eigenvalue weighted by Gasteiger charge is -2.07. The van der Waals surface area contributed by atoms with Gasteiger partial charge in [0.25, 0.3) is 10.0 Å². The Morgan fingerprint density at radius 2 is 1.91 bits per heavy atom. The summed E-state index contributed by atoms with van der Waals surface area (Å²) in [5.41, 5.74) is 1.54. The fourth-order valence-electron chi connectivity index (χ4n) is 2.01. The number of carbonyl (C=O) groups is 1. The Bertz CT molecular complexity index is 947. The minimum absolute atomic E-state index is 0.0388. The van der Waals surface area contributed by atoms with Gasteiger partial charge in [-0.2, -0.15) is 0 Å².